The molecule has 4 rings (SSSR count). The van der Waals surface area contributed by atoms with E-state index in [0.717, 1.165) is 60.2 Å². The first-order valence-corrected chi connectivity index (χ1v) is 11.8. The molecule has 0 spiro atoms. The summed E-state index contributed by atoms with van der Waals surface area (Å²) in [5.41, 5.74) is 1.08. The number of hydrogen-bond acceptors (Lipinski definition) is 5. The smallest absolute Gasteiger partial charge is 0.213 e. The van der Waals surface area contributed by atoms with Crippen molar-refractivity contribution >= 4 is 23.4 Å². The number of aryl methyl sites for hydroxylation is 1. The van der Waals surface area contributed by atoms with Crippen LogP contribution in [-0.2, 0) is 6.42 Å². The number of rotatable bonds is 7. The molecule has 0 N–H and O–H groups in total. The Bertz CT molecular complexity index is 908. The van der Waals surface area contributed by atoms with Crippen molar-refractivity contribution in [3.8, 4) is 11.6 Å². The Labute approximate surface area is 180 Å². The van der Waals surface area contributed by atoms with Crippen molar-refractivity contribution in [1.82, 2.24) is 19.7 Å². The quantitative estimate of drug-likeness (QED) is 0.509. The average Bonchev–Trinajstić information content (AvgIpc) is 3.18. The highest BCUT2D eigenvalue weighted by molar-refractivity contribution is 7.98. The van der Waals surface area contributed by atoms with E-state index in [9.17, 15) is 0 Å². The summed E-state index contributed by atoms with van der Waals surface area (Å²) in [6.07, 6.45) is 9.05. The number of thioether (sulfide) groups is 1. The van der Waals surface area contributed by atoms with Gasteiger partial charge < -0.3 is 4.74 Å². The summed E-state index contributed by atoms with van der Waals surface area (Å²) in [5.74, 6) is 4.18. The molecule has 0 saturated heterocycles. The molecule has 1 saturated carbocycles. The van der Waals surface area contributed by atoms with Crippen LogP contribution in [-0.4, -0.2) is 37.9 Å². The van der Waals surface area contributed by atoms with Crippen LogP contribution in [0.3, 0.4) is 0 Å². The van der Waals surface area contributed by atoms with Crippen LogP contribution in [0.25, 0.3) is 5.69 Å². The van der Waals surface area contributed by atoms with Crippen molar-refractivity contribution < 1.29 is 4.74 Å². The predicted octanol–water partition coefficient (Wildman–Crippen LogP) is 5.33. The van der Waals surface area contributed by atoms with E-state index in [0.29, 0.717) is 11.8 Å². The van der Waals surface area contributed by atoms with Gasteiger partial charge in [-0.25, -0.2) is 4.98 Å². The topological polar surface area (TPSA) is 52.8 Å². The highest BCUT2D eigenvalue weighted by Gasteiger charge is 2.28. The van der Waals surface area contributed by atoms with Gasteiger partial charge in [-0.1, -0.05) is 17.7 Å². The van der Waals surface area contributed by atoms with E-state index < -0.39 is 0 Å². The van der Waals surface area contributed by atoms with Gasteiger partial charge in [-0.05, 0) is 62.3 Å². The highest BCUT2D eigenvalue weighted by Crippen LogP contribution is 2.35. The molecule has 3 aromatic rings. The third kappa shape index (κ3) is 4.93. The minimum Gasteiger partial charge on any atom is -0.474 e. The summed E-state index contributed by atoms with van der Waals surface area (Å²) < 4.78 is 8.29. The van der Waals surface area contributed by atoms with Gasteiger partial charge in [0.2, 0.25) is 5.88 Å². The lowest BCUT2D eigenvalue weighted by Gasteiger charge is -2.28. The maximum atomic E-state index is 6.10. The maximum absolute atomic E-state index is 6.10. The van der Waals surface area contributed by atoms with Gasteiger partial charge >= 0.3 is 0 Å². The zero-order chi connectivity index (χ0) is 20.1. The molecular formula is C22H25ClN4OS. The molecule has 2 heterocycles. The highest BCUT2D eigenvalue weighted by atomic mass is 35.5. The molecule has 152 valence electrons. The van der Waals surface area contributed by atoms with E-state index in [1.165, 1.54) is 0 Å². The number of nitrogens with zero attached hydrogens (tertiary/aromatic N) is 4. The normalized spacial score (nSPS) is 19.2. The van der Waals surface area contributed by atoms with Crippen LogP contribution in [0.15, 0.2) is 48.7 Å². The lowest BCUT2D eigenvalue weighted by molar-refractivity contribution is 0.139. The van der Waals surface area contributed by atoms with Crippen molar-refractivity contribution in [2.45, 2.75) is 44.1 Å². The van der Waals surface area contributed by atoms with E-state index in [-0.39, 0.29) is 6.10 Å². The summed E-state index contributed by atoms with van der Waals surface area (Å²) in [6, 6.07) is 13.7. The summed E-state index contributed by atoms with van der Waals surface area (Å²) in [7, 11) is 0. The third-order valence-electron chi connectivity index (χ3n) is 5.33. The molecule has 0 radical (unpaired) electrons. The van der Waals surface area contributed by atoms with Crippen molar-refractivity contribution in [2.24, 2.45) is 0 Å². The second-order valence-corrected chi connectivity index (χ2v) is 8.71. The zero-order valence-corrected chi connectivity index (χ0v) is 18.1. The Morgan fingerprint density at radius 3 is 2.55 bits per heavy atom. The molecule has 1 aromatic carbocycles. The standard InChI is InChI=1S/C22H25ClN4OS/c1-29-15-13-20-25-26-22(27(20)18-9-7-17(23)8-10-18)16-5-11-19(12-6-16)28-21-4-2-3-14-24-21/h2-4,7-10,14,16,19H,5-6,11-13,15H2,1H3/t16-,19-. The number of halogens is 1. The summed E-state index contributed by atoms with van der Waals surface area (Å²) >= 11 is 7.93. The number of ether oxygens (including phenoxy) is 1. The van der Waals surface area contributed by atoms with Gasteiger partial charge in [-0.3, -0.25) is 4.57 Å². The lowest BCUT2D eigenvalue weighted by atomic mass is 9.86. The molecule has 1 fully saturated rings. The van der Waals surface area contributed by atoms with E-state index in [1.807, 2.05) is 54.2 Å². The average molecular weight is 429 g/mol. The van der Waals surface area contributed by atoms with Crippen LogP contribution in [0.4, 0.5) is 0 Å². The molecule has 2 aromatic heterocycles. The number of pyridine rings is 1. The predicted molar refractivity (Wildman–Crippen MR) is 118 cm³/mol. The Kier molecular flexibility index (Phi) is 6.72. The monoisotopic (exact) mass is 428 g/mol. The first kappa shape index (κ1) is 20.2. The van der Waals surface area contributed by atoms with Gasteiger partial charge in [-0.15, -0.1) is 10.2 Å². The fraction of sp³-hybridized carbons (Fsp3) is 0.409. The second kappa shape index (κ2) is 9.63. The second-order valence-electron chi connectivity index (χ2n) is 7.29. The van der Waals surface area contributed by atoms with E-state index in [4.69, 9.17) is 16.3 Å². The molecule has 0 atom stereocenters. The zero-order valence-electron chi connectivity index (χ0n) is 16.5. The number of benzene rings is 1. The Morgan fingerprint density at radius 2 is 1.86 bits per heavy atom. The fourth-order valence-corrected chi connectivity index (χ4v) is 4.36. The summed E-state index contributed by atoms with van der Waals surface area (Å²) in [4.78, 5) is 4.28. The van der Waals surface area contributed by atoms with Crippen LogP contribution < -0.4 is 4.74 Å². The summed E-state index contributed by atoms with van der Waals surface area (Å²) in [6.45, 7) is 0. The Morgan fingerprint density at radius 1 is 1.07 bits per heavy atom. The summed E-state index contributed by atoms with van der Waals surface area (Å²) in [5, 5.41) is 9.90. The molecule has 0 unspecified atom stereocenters. The van der Waals surface area contributed by atoms with Crippen LogP contribution in [0.5, 0.6) is 5.88 Å². The first-order chi connectivity index (χ1) is 14.2. The molecule has 0 amide bonds. The van der Waals surface area contributed by atoms with Crippen LogP contribution in [0.2, 0.25) is 5.02 Å². The molecule has 0 bridgehead atoms. The molecule has 29 heavy (non-hydrogen) atoms. The van der Waals surface area contributed by atoms with Gasteiger partial charge in [0.25, 0.3) is 0 Å². The van der Waals surface area contributed by atoms with Gasteiger partial charge in [0.1, 0.15) is 17.8 Å². The van der Waals surface area contributed by atoms with E-state index in [1.54, 1.807) is 6.20 Å². The van der Waals surface area contributed by atoms with Gasteiger partial charge in [0.05, 0.1) is 0 Å². The van der Waals surface area contributed by atoms with Crippen molar-refractivity contribution in [3.63, 3.8) is 0 Å². The van der Waals surface area contributed by atoms with Crippen LogP contribution in [0.1, 0.15) is 43.3 Å². The van der Waals surface area contributed by atoms with Gasteiger partial charge in [-0.2, -0.15) is 11.8 Å². The minimum absolute atomic E-state index is 0.212. The lowest BCUT2D eigenvalue weighted by Crippen LogP contribution is -2.25. The van der Waals surface area contributed by atoms with E-state index in [2.05, 4.69) is 26.0 Å². The Balaban J connectivity index is 1.51. The molecule has 0 aliphatic heterocycles. The first-order valence-electron chi connectivity index (χ1n) is 10.0. The number of aromatic nitrogens is 4. The van der Waals surface area contributed by atoms with Crippen LogP contribution in [0, 0.1) is 0 Å². The van der Waals surface area contributed by atoms with Crippen LogP contribution >= 0.6 is 23.4 Å². The number of hydrogen-bond donors (Lipinski definition) is 0. The fourth-order valence-electron chi connectivity index (χ4n) is 3.85. The van der Waals surface area contributed by atoms with Gasteiger partial charge in [0.15, 0.2) is 0 Å². The third-order valence-corrected chi connectivity index (χ3v) is 6.20. The molecule has 5 nitrogen and oxygen atoms in total. The van der Waals surface area contributed by atoms with Crippen molar-refractivity contribution in [3.05, 3.63) is 65.3 Å². The van der Waals surface area contributed by atoms with Crippen molar-refractivity contribution in [2.75, 3.05) is 12.0 Å². The molecular weight excluding hydrogens is 404 g/mol. The Hall–Kier alpha value is -2.05. The molecule has 7 heteroatoms. The van der Waals surface area contributed by atoms with Gasteiger partial charge in [0, 0.05) is 41.1 Å². The molecule has 1 aliphatic carbocycles. The van der Waals surface area contributed by atoms with E-state index >= 15 is 0 Å². The maximum Gasteiger partial charge on any atom is 0.213 e. The van der Waals surface area contributed by atoms with Crippen molar-refractivity contribution in [1.29, 1.82) is 0 Å². The largest absolute Gasteiger partial charge is 0.474 e. The molecule has 1 aliphatic rings. The SMILES string of the molecule is CSCCc1nnc([C@H]2CC[C@H](Oc3ccccn3)CC2)n1-c1ccc(Cl)cc1. The minimum atomic E-state index is 0.212.